The second-order valence-electron chi connectivity index (χ2n) is 6.11. The van der Waals surface area contributed by atoms with Gasteiger partial charge in [-0.25, -0.2) is 0 Å². The Kier molecular flexibility index (Phi) is 5.81. The molecule has 122 valence electrons. The van der Waals surface area contributed by atoms with Gasteiger partial charge < -0.3 is 4.90 Å². The number of hydrogen-bond donors (Lipinski definition) is 0. The quantitative estimate of drug-likeness (QED) is 0.731. The average molecular weight is 391 g/mol. The number of hydrogen-bond acceptors (Lipinski definition) is 3. The molecule has 1 aliphatic rings. The first-order chi connectivity index (χ1) is 11.1. The van der Waals surface area contributed by atoms with Crippen molar-refractivity contribution in [2.24, 2.45) is 0 Å². The molecule has 0 radical (unpaired) electrons. The molecule has 0 N–H and O–H groups in total. The average Bonchev–Trinajstić information content (AvgIpc) is 2.57. The summed E-state index contributed by atoms with van der Waals surface area (Å²) in [7, 11) is 2.21. The number of nitrogens with zero attached hydrogens (tertiary/aromatic N) is 2. The lowest BCUT2D eigenvalue weighted by atomic mass is 10.1. The SMILES string of the molecule is C[C@H](c1cc(Br)ccc1Sc1ccccc1)N1CCN(C)CC1. The Morgan fingerprint density at radius 1 is 1.00 bits per heavy atom. The molecule has 2 aromatic rings. The molecule has 1 saturated heterocycles. The van der Waals surface area contributed by atoms with Crippen molar-refractivity contribution >= 4 is 27.7 Å². The predicted octanol–water partition coefficient (Wildman–Crippen LogP) is 4.91. The molecule has 1 fully saturated rings. The van der Waals surface area contributed by atoms with Crippen LogP contribution in [0.15, 0.2) is 62.8 Å². The zero-order valence-electron chi connectivity index (χ0n) is 13.7. The third-order valence-electron chi connectivity index (χ3n) is 4.48. The van der Waals surface area contributed by atoms with Gasteiger partial charge in [0.1, 0.15) is 0 Å². The summed E-state index contributed by atoms with van der Waals surface area (Å²) in [6, 6.07) is 17.7. The molecule has 2 aromatic carbocycles. The standard InChI is InChI=1S/C19H23BrN2S/c1-15(22-12-10-21(2)11-13-22)18-14-16(20)8-9-19(18)23-17-6-4-3-5-7-17/h3-9,14-15H,10-13H2,1-2H3/t15-/m1/s1. The fourth-order valence-corrected chi connectivity index (χ4v) is 4.37. The summed E-state index contributed by atoms with van der Waals surface area (Å²) in [5, 5.41) is 0. The summed E-state index contributed by atoms with van der Waals surface area (Å²) < 4.78 is 1.16. The summed E-state index contributed by atoms with van der Waals surface area (Å²) in [4.78, 5) is 7.65. The van der Waals surface area contributed by atoms with Gasteiger partial charge in [-0.05, 0) is 49.9 Å². The van der Waals surface area contributed by atoms with Gasteiger partial charge in [0, 0.05) is 46.5 Å². The van der Waals surface area contributed by atoms with Crippen molar-refractivity contribution in [1.82, 2.24) is 9.80 Å². The lowest BCUT2D eigenvalue weighted by Crippen LogP contribution is -2.45. The van der Waals surface area contributed by atoms with Crippen LogP contribution in [0.5, 0.6) is 0 Å². The Balaban J connectivity index is 1.84. The van der Waals surface area contributed by atoms with E-state index in [0.29, 0.717) is 6.04 Å². The minimum absolute atomic E-state index is 0.437. The minimum atomic E-state index is 0.437. The Hall–Kier alpha value is -0.810. The van der Waals surface area contributed by atoms with Crippen molar-refractivity contribution < 1.29 is 0 Å². The molecule has 0 spiro atoms. The molecule has 0 saturated carbocycles. The van der Waals surface area contributed by atoms with Crippen LogP contribution in [0, 0.1) is 0 Å². The van der Waals surface area contributed by atoms with Gasteiger partial charge in [0.05, 0.1) is 0 Å². The van der Waals surface area contributed by atoms with Crippen LogP contribution in [0.3, 0.4) is 0 Å². The van der Waals surface area contributed by atoms with Crippen molar-refractivity contribution in [2.45, 2.75) is 22.8 Å². The van der Waals surface area contributed by atoms with Crippen LogP contribution < -0.4 is 0 Å². The van der Waals surface area contributed by atoms with Gasteiger partial charge >= 0.3 is 0 Å². The van der Waals surface area contributed by atoms with Crippen LogP contribution in [-0.2, 0) is 0 Å². The van der Waals surface area contributed by atoms with Crippen LogP contribution in [0.25, 0.3) is 0 Å². The van der Waals surface area contributed by atoms with Crippen LogP contribution in [0.1, 0.15) is 18.5 Å². The zero-order valence-corrected chi connectivity index (χ0v) is 16.1. The fraction of sp³-hybridized carbons (Fsp3) is 0.368. The van der Waals surface area contributed by atoms with Crippen molar-refractivity contribution in [3.05, 3.63) is 58.6 Å². The summed E-state index contributed by atoms with van der Waals surface area (Å²) in [6.45, 7) is 6.92. The normalized spacial score (nSPS) is 18.0. The van der Waals surface area contributed by atoms with Crippen molar-refractivity contribution in [3.8, 4) is 0 Å². The van der Waals surface area contributed by atoms with E-state index in [4.69, 9.17) is 0 Å². The highest BCUT2D eigenvalue weighted by Crippen LogP contribution is 2.36. The monoisotopic (exact) mass is 390 g/mol. The van der Waals surface area contributed by atoms with Gasteiger partial charge in [-0.1, -0.05) is 45.9 Å². The molecule has 4 heteroatoms. The summed E-state index contributed by atoms with van der Waals surface area (Å²) in [6.07, 6.45) is 0. The van der Waals surface area contributed by atoms with E-state index < -0.39 is 0 Å². The van der Waals surface area contributed by atoms with E-state index in [2.05, 4.69) is 88.2 Å². The molecule has 1 atom stereocenters. The fourth-order valence-electron chi connectivity index (χ4n) is 2.96. The molecule has 0 bridgehead atoms. The second-order valence-corrected chi connectivity index (χ2v) is 8.14. The van der Waals surface area contributed by atoms with Gasteiger partial charge in [-0.2, -0.15) is 0 Å². The second kappa shape index (κ2) is 7.84. The first kappa shape index (κ1) is 17.0. The van der Waals surface area contributed by atoms with E-state index >= 15 is 0 Å². The van der Waals surface area contributed by atoms with Gasteiger partial charge in [-0.15, -0.1) is 0 Å². The highest BCUT2D eigenvalue weighted by molar-refractivity contribution is 9.10. The summed E-state index contributed by atoms with van der Waals surface area (Å²) in [5.74, 6) is 0. The highest BCUT2D eigenvalue weighted by Gasteiger charge is 2.22. The molecule has 0 aromatic heterocycles. The molecular formula is C19H23BrN2S. The Bertz CT molecular complexity index is 639. The van der Waals surface area contributed by atoms with Crippen LogP contribution in [-0.4, -0.2) is 43.0 Å². The highest BCUT2D eigenvalue weighted by atomic mass is 79.9. The van der Waals surface area contributed by atoms with Gasteiger partial charge in [0.25, 0.3) is 0 Å². The maximum absolute atomic E-state index is 3.65. The van der Waals surface area contributed by atoms with Crippen LogP contribution >= 0.6 is 27.7 Å². The molecule has 0 aliphatic carbocycles. The number of rotatable bonds is 4. The van der Waals surface area contributed by atoms with Gasteiger partial charge in [0.2, 0.25) is 0 Å². The molecule has 2 nitrogen and oxygen atoms in total. The number of benzene rings is 2. The third kappa shape index (κ3) is 4.38. The molecule has 3 rings (SSSR count). The largest absolute Gasteiger partial charge is 0.304 e. The van der Waals surface area contributed by atoms with E-state index in [9.17, 15) is 0 Å². The maximum Gasteiger partial charge on any atom is 0.0332 e. The Morgan fingerprint density at radius 2 is 1.70 bits per heavy atom. The minimum Gasteiger partial charge on any atom is -0.304 e. The zero-order chi connectivity index (χ0) is 16.2. The van der Waals surface area contributed by atoms with E-state index in [-0.39, 0.29) is 0 Å². The first-order valence-electron chi connectivity index (χ1n) is 8.08. The van der Waals surface area contributed by atoms with Crippen LogP contribution in [0.4, 0.5) is 0 Å². The lowest BCUT2D eigenvalue weighted by molar-refractivity contribution is 0.118. The van der Waals surface area contributed by atoms with Crippen molar-refractivity contribution in [2.75, 3.05) is 33.2 Å². The third-order valence-corrected chi connectivity index (χ3v) is 6.07. The van der Waals surface area contributed by atoms with Crippen molar-refractivity contribution in [1.29, 1.82) is 0 Å². The predicted molar refractivity (Wildman–Crippen MR) is 102 cm³/mol. The van der Waals surface area contributed by atoms with E-state index in [0.717, 1.165) is 30.7 Å². The molecule has 1 aliphatic heterocycles. The van der Waals surface area contributed by atoms with Gasteiger partial charge in [0.15, 0.2) is 0 Å². The number of halogens is 1. The first-order valence-corrected chi connectivity index (χ1v) is 9.69. The van der Waals surface area contributed by atoms with Gasteiger partial charge in [-0.3, -0.25) is 4.90 Å². The Morgan fingerprint density at radius 3 is 2.39 bits per heavy atom. The van der Waals surface area contributed by atoms with Crippen LogP contribution in [0.2, 0.25) is 0 Å². The molecule has 23 heavy (non-hydrogen) atoms. The van der Waals surface area contributed by atoms with E-state index in [1.807, 2.05) is 11.8 Å². The lowest BCUT2D eigenvalue weighted by Gasteiger charge is -2.37. The maximum atomic E-state index is 3.65. The molecule has 0 amide bonds. The smallest absolute Gasteiger partial charge is 0.0332 e. The topological polar surface area (TPSA) is 6.48 Å². The van der Waals surface area contributed by atoms with E-state index in [1.54, 1.807) is 0 Å². The summed E-state index contributed by atoms with van der Waals surface area (Å²) in [5.41, 5.74) is 1.41. The molecule has 0 unspecified atom stereocenters. The van der Waals surface area contributed by atoms with E-state index in [1.165, 1.54) is 15.4 Å². The summed E-state index contributed by atoms with van der Waals surface area (Å²) >= 11 is 5.51. The Labute approximate surface area is 152 Å². The number of piperazine rings is 1. The van der Waals surface area contributed by atoms with Crippen molar-refractivity contribution in [3.63, 3.8) is 0 Å². The number of likely N-dealkylation sites (N-methyl/N-ethyl adjacent to an activating group) is 1. The molecular weight excluding hydrogens is 368 g/mol. The molecule has 1 heterocycles.